The molecule has 7 nitrogen and oxygen atoms in total. The molecule has 0 bridgehead atoms. The van der Waals surface area contributed by atoms with Gasteiger partial charge in [-0.25, -0.2) is 0 Å². The summed E-state index contributed by atoms with van der Waals surface area (Å²) in [6, 6.07) is 11.8. The fourth-order valence-corrected chi connectivity index (χ4v) is 3.41. The summed E-state index contributed by atoms with van der Waals surface area (Å²) < 4.78 is 21.3. The number of amides is 1. The van der Waals surface area contributed by atoms with Crippen molar-refractivity contribution in [3.8, 4) is 23.0 Å². The predicted octanol–water partition coefficient (Wildman–Crippen LogP) is 3.56. The summed E-state index contributed by atoms with van der Waals surface area (Å²) in [7, 11) is 3.29. The Hall–Kier alpha value is -3.19. The zero-order chi connectivity index (χ0) is 22.6. The summed E-state index contributed by atoms with van der Waals surface area (Å²) in [4.78, 5) is 12.0. The molecule has 0 atom stereocenters. The van der Waals surface area contributed by atoms with Crippen LogP contribution in [-0.2, 0) is 11.2 Å². The number of aryl methyl sites for hydroxylation is 1. The average molecular weight is 441 g/mol. The Bertz CT molecular complexity index is 913. The number of benzene rings is 2. The predicted molar refractivity (Wildman–Crippen MR) is 125 cm³/mol. The van der Waals surface area contributed by atoms with Gasteiger partial charge in [0.05, 0.1) is 14.2 Å². The van der Waals surface area contributed by atoms with E-state index < -0.39 is 0 Å². The fraction of sp³-hybridized carbons (Fsp3) is 0.400. The highest BCUT2D eigenvalue weighted by molar-refractivity contribution is 5.78. The number of nitrogens with one attached hydrogen (secondary N) is 2. The van der Waals surface area contributed by atoms with Crippen LogP contribution < -0.4 is 29.6 Å². The van der Waals surface area contributed by atoms with Crippen molar-refractivity contribution in [2.45, 2.75) is 25.7 Å². The van der Waals surface area contributed by atoms with Crippen LogP contribution in [0.4, 0.5) is 0 Å². The van der Waals surface area contributed by atoms with Gasteiger partial charge < -0.3 is 29.6 Å². The highest BCUT2D eigenvalue weighted by atomic mass is 16.7. The van der Waals surface area contributed by atoms with Crippen LogP contribution in [0.1, 0.15) is 30.4 Å². The number of hydrogen-bond acceptors (Lipinski definition) is 6. The molecule has 0 fully saturated rings. The lowest BCUT2D eigenvalue weighted by atomic mass is 10.1. The van der Waals surface area contributed by atoms with Crippen LogP contribution in [0.25, 0.3) is 6.08 Å². The lowest BCUT2D eigenvalue weighted by molar-refractivity contribution is -0.120. The Morgan fingerprint density at radius 2 is 1.78 bits per heavy atom. The van der Waals surface area contributed by atoms with Gasteiger partial charge in [0.2, 0.25) is 12.7 Å². The lowest BCUT2D eigenvalue weighted by Crippen LogP contribution is -2.27. The molecule has 0 saturated heterocycles. The average Bonchev–Trinajstić information content (AvgIpc) is 3.28. The molecular formula is C25H32N2O5. The minimum absolute atomic E-state index is 0.0236. The van der Waals surface area contributed by atoms with Gasteiger partial charge in [0.15, 0.2) is 23.0 Å². The van der Waals surface area contributed by atoms with Gasteiger partial charge in [-0.2, -0.15) is 0 Å². The van der Waals surface area contributed by atoms with Crippen molar-refractivity contribution >= 4 is 12.0 Å². The molecule has 2 aromatic rings. The summed E-state index contributed by atoms with van der Waals surface area (Å²) in [6.07, 6.45) is 7.04. The molecular weight excluding hydrogens is 408 g/mol. The zero-order valence-electron chi connectivity index (χ0n) is 18.8. The van der Waals surface area contributed by atoms with Crippen LogP contribution in [0.3, 0.4) is 0 Å². The number of ether oxygens (including phenoxy) is 4. The monoisotopic (exact) mass is 440 g/mol. The van der Waals surface area contributed by atoms with Gasteiger partial charge >= 0.3 is 0 Å². The second kappa shape index (κ2) is 12.6. The van der Waals surface area contributed by atoms with E-state index in [1.165, 1.54) is 5.56 Å². The van der Waals surface area contributed by atoms with Crippen molar-refractivity contribution in [3.05, 3.63) is 53.6 Å². The van der Waals surface area contributed by atoms with Crippen molar-refractivity contribution < 1.29 is 23.7 Å². The summed E-state index contributed by atoms with van der Waals surface area (Å²) in [5.41, 5.74) is 2.21. The van der Waals surface area contributed by atoms with Crippen LogP contribution in [0.15, 0.2) is 42.5 Å². The van der Waals surface area contributed by atoms with Gasteiger partial charge in [0.1, 0.15) is 0 Å². The fourth-order valence-electron chi connectivity index (χ4n) is 3.41. The van der Waals surface area contributed by atoms with Gasteiger partial charge in [-0.05, 0) is 67.7 Å². The molecule has 0 saturated carbocycles. The Kier molecular flexibility index (Phi) is 9.25. The molecule has 172 valence electrons. The number of methoxy groups -OCH3 is 2. The summed E-state index contributed by atoms with van der Waals surface area (Å²) in [5.74, 6) is 3.04. The summed E-state index contributed by atoms with van der Waals surface area (Å²) >= 11 is 0. The quantitative estimate of drug-likeness (QED) is 0.464. The van der Waals surface area contributed by atoms with Crippen molar-refractivity contribution in [2.24, 2.45) is 0 Å². The van der Waals surface area contributed by atoms with E-state index in [1.54, 1.807) is 14.2 Å². The van der Waals surface area contributed by atoms with Gasteiger partial charge in [-0.15, -0.1) is 0 Å². The van der Waals surface area contributed by atoms with E-state index >= 15 is 0 Å². The van der Waals surface area contributed by atoms with E-state index in [1.807, 2.05) is 42.5 Å². The van der Waals surface area contributed by atoms with Crippen molar-refractivity contribution in [2.75, 3.05) is 40.6 Å². The van der Waals surface area contributed by atoms with E-state index in [9.17, 15) is 4.79 Å². The molecule has 0 aromatic heterocycles. The maximum Gasteiger partial charge on any atom is 0.231 e. The maximum atomic E-state index is 12.0. The van der Waals surface area contributed by atoms with Crippen LogP contribution >= 0.6 is 0 Å². The first-order valence-corrected chi connectivity index (χ1v) is 10.9. The van der Waals surface area contributed by atoms with E-state index in [2.05, 4.69) is 16.7 Å². The van der Waals surface area contributed by atoms with Gasteiger partial charge in [0.25, 0.3) is 0 Å². The second-order valence-corrected chi connectivity index (χ2v) is 7.47. The molecule has 2 aromatic carbocycles. The number of carbonyl (C=O) groups is 1. The minimum Gasteiger partial charge on any atom is -0.493 e. The first kappa shape index (κ1) is 23.5. The maximum absolute atomic E-state index is 12.0. The van der Waals surface area contributed by atoms with E-state index in [0.717, 1.165) is 60.9 Å². The van der Waals surface area contributed by atoms with Crippen LogP contribution in [-0.4, -0.2) is 46.6 Å². The third-order valence-corrected chi connectivity index (χ3v) is 5.13. The Labute approximate surface area is 189 Å². The molecule has 32 heavy (non-hydrogen) atoms. The molecule has 7 heteroatoms. The number of fused-ring (bicyclic) bond motifs is 1. The highest BCUT2D eigenvalue weighted by Gasteiger charge is 2.12. The molecule has 0 radical (unpaired) electrons. The molecule has 0 unspecified atom stereocenters. The zero-order valence-corrected chi connectivity index (χ0v) is 18.8. The Balaban J connectivity index is 1.22. The molecule has 2 N–H and O–H groups in total. The van der Waals surface area contributed by atoms with Gasteiger partial charge in [-0.1, -0.05) is 24.3 Å². The molecule has 0 spiro atoms. The first-order chi connectivity index (χ1) is 15.7. The Morgan fingerprint density at radius 3 is 2.62 bits per heavy atom. The standard InChI is InChI=1S/C25H32N2O5/c1-29-21-11-9-20(16-23(21)30-2)7-4-13-26-14-5-15-27-25(28)8-3-6-19-10-12-22-24(17-19)32-18-31-22/h3,6,9-12,16-17,26H,4-5,7-8,13-15,18H2,1-2H3,(H,27,28)/b6-3+. The summed E-state index contributed by atoms with van der Waals surface area (Å²) in [5, 5.41) is 6.37. The number of hydrogen-bond donors (Lipinski definition) is 2. The summed E-state index contributed by atoms with van der Waals surface area (Å²) in [6.45, 7) is 2.73. The van der Waals surface area contributed by atoms with Crippen LogP contribution in [0.2, 0.25) is 0 Å². The van der Waals surface area contributed by atoms with Crippen LogP contribution in [0.5, 0.6) is 23.0 Å². The first-order valence-electron chi connectivity index (χ1n) is 10.9. The molecule has 1 aliphatic heterocycles. The molecule has 1 amide bonds. The van der Waals surface area contributed by atoms with Gasteiger partial charge in [0, 0.05) is 13.0 Å². The highest BCUT2D eigenvalue weighted by Crippen LogP contribution is 2.32. The van der Waals surface area contributed by atoms with E-state index in [0.29, 0.717) is 13.0 Å². The molecule has 3 rings (SSSR count). The second-order valence-electron chi connectivity index (χ2n) is 7.47. The van der Waals surface area contributed by atoms with E-state index in [4.69, 9.17) is 18.9 Å². The normalized spacial score (nSPS) is 12.2. The van der Waals surface area contributed by atoms with Crippen molar-refractivity contribution in [3.63, 3.8) is 0 Å². The largest absolute Gasteiger partial charge is 0.493 e. The molecule has 1 aliphatic rings. The molecule has 0 aliphatic carbocycles. The lowest BCUT2D eigenvalue weighted by Gasteiger charge is -2.10. The topological polar surface area (TPSA) is 78.1 Å². The SMILES string of the molecule is COc1ccc(CCCNCCCNC(=O)C/C=C/c2ccc3c(c2)OCO3)cc1OC. The Morgan fingerprint density at radius 1 is 0.969 bits per heavy atom. The van der Waals surface area contributed by atoms with Crippen molar-refractivity contribution in [1.82, 2.24) is 10.6 Å². The molecule has 1 heterocycles. The number of rotatable bonds is 13. The minimum atomic E-state index is 0.0236. The van der Waals surface area contributed by atoms with Crippen LogP contribution in [0, 0.1) is 0 Å². The van der Waals surface area contributed by atoms with E-state index in [-0.39, 0.29) is 12.7 Å². The van der Waals surface area contributed by atoms with Gasteiger partial charge in [-0.3, -0.25) is 4.79 Å². The third kappa shape index (κ3) is 7.20. The van der Waals surface area contributed by atoms with Crippen molar-refractivity contribution in [1.29, 1.82) is 0 Å². The number of carbonyl (C=O) groups excluding carboxylic acids is 1. The third-order valence-electron chi connectivity index (χ3n) is 5.13. The smallest absolute Gasteiger partial charge is 0.231 e.